The van der Waals surface area contributed by atoms with Crippen LogP contribution in [0.1, 0.15) is 51.2 Å². The molecule has 1 aliphatic heterocycles. The monoisotopic (exact) mass is 589 g/mol. The van der Waals surface area contributed by atoms with E-state index in [9.17, 15) is 9.59 Å². The Labute approximate surface area is 241 Å². The summed E-state index contributed by atoms with van der Waals surface area (Å²) in [5.74, 6) is -2.98. The molecule has 0 aliphatic carbocycles. The zero-order valence-corrected chi connectivity index (χ0v) is 24.0. The van der Waals surface area contributed by atoms with Crippen LogP contribution in [-0.2, 0) is 15.1 Å². The molecule has 1 saturated heterocycles. The Morgan fingerprint density at radius 2 is 1.82 bits per heavy atom. The third-order valence-electron chi connectivity index (χ3n) is 6.95. The summed E-state index contributed by atoms with van der Waals surface area (Å²) >= 11 is 12.2. The molecule has 4 rings (SSSR count). The molecule has 212 valence electrons. The van der Waals surface area contributed by atoms with Crippen LogP contribution in [-0.4, -0.2) is 28.9 Å². The molecule has 2 amide bonds. The van der Waals surface area contributed by atoms with E-state index in [1.165, 1.54) is 43.5 Å². The van der Waals surface area contributed by atoms with Gasteiger partial charge in [0.05, 0.1) is 28.5 Å². The van der Waals surface area contributed by atoms with Gasteiger partial charge in [-0.15, -0.1) is 0 Å². The zero-order valence-electron chi connectivity index (χ0n) is 22.5. The predicted octanol–water partition coefficient (Wildman–Crippen LogP) is 5.98. The first-order valence-electron chi connectivity index (χ1n) is 12.7. The number of halogens is 4. The molecule has 1 fully saturated rings. The molecule has 40 heavy (non-hydrogen) atoms. The van der Waals surface area contributed by atoms with Crippen LogP contribution in [0.4, 0.5) is 20.3 Å². The van der Waals surface area contributed by atoms with Crippen LogP contribution in [0, 0.1) is 17.0 Å². The van der Waals surface area contributed by atoms with Gasteiger partial charge in [-0.1, -0.05) is 62.2 Å². The first-order valence-corrected chi connectivity index (χ1v) is 13.4. The molecule has 1 aromatic heterocycles. The molecule has 3 aromatic rings. The highest BCUT2D eigenvalue weighted by Crippen LogP contribution is 2.50. The van der Waals surface area contributed by atoms with E-state index in [4.69, 9.17) is 28.9 Å². The fourth-order valence-electron chi connectivity index (χ4n) is 5.35. The Morgan fingerprint density at radius 3 is 2.42 bits per heavy atom. The number of nitrogens with zero attached hydrogens (tertiary/aromatic N) is 1. The van der Waals surface area contributed by atoms with Gasteiger partial charge in [0.1, 0.15) is 17.5 Å². The minimum absolute atomic E-state index is 0.0764. The maximum Gasteiger partial charge on any atom is 0.242 e. The van der Waals surface area contributed by atoms with Gasteiger partial charge in [-0.25, -0.2) is 13.8 Å². The number of pyridine rings is 1. The Morgan fingerprint density at radius 1 is 1.10 bits per heavy atom. The van der Waals surface area contributed by atoms with Crippen LogP contribution in [0.2, 0.25) is 10.0 Å². The molecule has 0 saturated carbocycles. The SMILES string of the molecule is CC(=O)Nc1ccc(NC(=O)C2NC(CC(C)(C)C)C(N)(c3ccc(Cl)cc3F)C2c2cccc(Cl)c2F)cn1. The van der Waals surface area contributed by atoms with Gasteiger partial charge in [0, 0.05) is 29.5 Å². The first-order chi connectivity index (χ1) is 18.7. The summed E-state index contributed by atoms with van der Waals surface area (Å²) in [7, 11) is 0. The average molecular weight is 591 g/mol. The molecule has 11 heteroatoms. The lowest BCUT2D eigenvalue weighted by atomic mass is 9.68. The summed E-state index contributed by atoms with van der Waals surface area (Å²) in [5.41, 5.74) is 5.82. The number of amides is 2. The van der Waals surface area contributed by atoms with E-state index < -0.39 is 41.1 Å². The van der Waals surface area contributed by atoms with Crippen molar-refractivity contribution in [1.29, 1.82) is 0 Å². The predicted molar refractivity (Wildman–Crippen MR) is 153 cm³/mol. The van der Waals surface area contributed by atoms with E-state index in [-0.39, 0.29) is 32.5 Å². The number of anilines is 2. The summed E-state index contributed by atoms with van der Waals surface area (Å²) in [4.78, 5) is 29.3. The third kappa shape index (κ3) is 6.12. The number of carbonyl (C=O) groups excluding carboxylic acids is 2. The van der Waals surface area contributed by atoms with Gasteiger partial charge in [0.2, 0.25) is 11.8 Å². The van der Waals surface area contributed by atoms with Crippen molar-refractivity contribution in [2.24, 2.45) is 11.1 Å². The van der Waals surface area contributed by atoms with E-state index >= 15 is 8.78 Å². The Kier molecular flexibility index (Phi) is 8.52. The summed E-state index contributed by atoms with van der Waals surface area (Å²) < 4.78 is 31.2. The number of hydrogen-bond donors (Lipinski definition) is 4. The smallest absolute Gasteiger partial charge is 0.242 e. The van der Waals surface area contributed by atoms with Crippen molar-refractivity contribution in [3.8, 4) is 0 Å². The van der Waals surface area contributed by atoms with E-state index in [0.717, 1.165) is 6.07 Å². The van der Waals surface area contributed by atoms with Crippen LogP contribution >= 0.6 is 23.2 Å². The number of rotatable bonds is 6. The summed E-state index contributed by atoms with van der Waals surface area (Å²) in [6, 6.07) is 9.99. The lowest BCUT2D eigenvalue weighted by Gasteiger charge is -2.40. The van der Waals surface area contributed by atoms with Crippen molar-refractivity contribution >= 4 is 46.5 Å². The van der Waals surface area contributed by atoms with E-state index in [2.05, 4.69) is 20.9 Å². The molecule has 4 atom stereocenters. The van der Waals surface area contributed by atoms with Gasteiger partial charge in [0.25, 0.3) is 0 Å². The molecule has 5 N–H and O–H groups in total. The fourth-order valence-corrected chi connectivity index (χ4v) is 5.69. The van der Waals surface area contributed by atoms with Crippen LogP contribution in [0.3, 0.4) is 0 Å². The van der Waals surface area contributed by atoms with E-state index in [1.807, 2.05) is 20.8 Å². The van der Waals surface area contributed by atoms with Crippen molar-refractivity contribution in [1.82, 2.24) is 10.3 Å². The summed E-state index contributed by atoms with van der Waals surface area (Å²) in [6.07, 6.45) is 1.81. The van der Waals surface area contributed by atoms with Crippen LogP contribution < -0.4 is 21.7 Å². The minimum atomic E-state index is -1.58. The standard InChI is InChI=1S/C29H31Cl2F2N5O2/c1-15(39)36-23-11-9-17(14-35-23)37-27(40)26-24(18-6-5-7-20(31)25(18)33)29(34,22(38-26)13-28(2,3)4)19-10-8-16(30)12-21(19)32/h5-12,14,22,24,26,38H,13,34H2,1-4H3,(H,37,40)(H,35,36,39). The average Bonchev–Trinajstić information content (AvgIpc) is 3.13. The van der Waals surface area contributed by atoms with E-state index in [0.29, 0.717) is 17.9 Å². The van der Waals surface area contributed by atoms with Crippen LogP contribution in [0.15, 0.2) is 54.7 Å². The topological polar surface area (TPSA) is 109 Å². The number of nitrogens with one attached hydrogen (secondary N) is 3. The lowest BCUT2D eigenvalue weighted by molar-refractivity contribution is -0.118. The second kappa shape index (κ2) is 11.4. The fraction of sp³-hybridized carbons (Fsp3) is 0.345. The van der Waals surface area contributed by atoms with Crippen molar-refractivity contribution in [2.75, 3.05) is 10.6 Å². The largest absolute Gasteiger partial charge is 0.323 e. The summed E-state index contributed by atoms with van der Waals surface area (Å²) in [5, 5.41) is 8.69. The van der Waals surface area contributed by atoms with E-state index in [1.54, 1.807) is 12.1 Å². The second-order valence-corrected chi connectivity index (χ2v) is 12.1. The van der Waals surface area contributed by atoms with Gasteiger partial charge < -0.3 is 21.7 Å². The molecule has 2 aromatic carbocycles. The number of carbonyl (C=O) groups is 2. The van der Waals surface area contributed by atoms with Gasteiger partial charge >= 0.3 is 0 Å². The quantitative estimate of drug-likeness (QED) is 0.283. The minimum Gasteiger partial charge on any atom is -0.323 e. The molecule has 1 aliphatic rings. The van der Waals surface area contributed by atoms with Gasteiger partial charge in [-0.05, 0) is 47.7 Å². The highest BCUT2D eigenvalue weighted by molar-refractivity contribution is 6.31. The second-order valence-electron chi connectivity index (χ2n) is 11.2. The highest BCUT2D eigenvalue weighted by Gasteiger charge is 2.58. The number of nitrogens with two attached hydrogens (primary N) is 1. The van der Waals surface area contributed by atoms with Crippen LogP contribution in [0.25, 0.3) is 0 Å². The molecule has 0 spiro atoms. The van der Waals surface area contributed by atoms with Crippen molar-refractivity contribution in [2.45, 2.75) is 57.7 Å². The number of hydrogen-bond acceptors (Lipinski definition) is 5. The van der Waals surface area contributed by atoms with Crippen molar-refractivity contribution < 1.29 is 18.4 Å². The molecule has 2 heterocycles. The first kappa shape index (κ1) is 29.9. The maximum atomic E-state index is 15.6. The lowest BCUT2D eigenvalue weighted by Crippen LogP contribution is -2.52. The third-order valence-corrected chi connectivity index (χ3v) is 7.48. The molecular weight excluding hydrogens is 559 g/mol. The van der Waals surface area contributed by atoms with Crippen molar-refractivity contribution in [3.63, 3.8) is 0 Å². The molecule has 7 nitrogen and oxygen atoms in total. The zero-order chi connectivity index (χ0) is 29.4. The molecule has 0 bridgehead atoms. The van der Waals surface area contributed by atoms with Gasteiger partial charge in [0.15, 0.2) is 0 Å². The highest BCUT2D eigenvalue weighted by atomic mass is 35.5. The normalized spacial score (nSPS) is 22.7. The Bertz CT molecular complexity index is 1430. The molecular formula is C29H31Cl2F2N5O2. The maximum absolute atomic E-state index is 15.6. The van der Waals surface area contributed by atoms with Crippen molar-refractivity contribution in [3.05, 3.63) is 87.5 Å². The Hall–Kier alpha value is -3.11. The summed E-state index contributed by atoms with van der Waals surface area (Å²) in [6.45, 7) is 7.35. The number of aromatic nitrogens is 1. The Balaban J connectivity index is 1.84. The van der Waals surface area contributed by atoms with Crippen LogP contribution in [0.5, 0.6) is 0 Å². The van der Waals surface area contributed by atoms with Gasteiger partial charge in [-0.3, -0.25) is 9.59 Å². The number of benzene rings is 2. The molecule has 4 unspecified atom stereocenters. The molecule has 0 radical (unpaired) electrons. The van der Waals surface area contributed by atoms with Gasteiger partial charge in [-0.2, -0.15) is 0 Å².